The average molecular weight is 452 g/mol. The van der Waals surface area contributed by atoms with Gasteiger partial charge in [-0.25, -0.2) is 4.79 Å². The maximum Gasteiger partial charge on any atom is 0.321 e. The maximum atomic E-state index is 12.9. The fourth-order valence-corrected chi connectivity index (χ4v) is 3.97. The van der Waals surface area contributed by atoms with E-state index in [9.17, 15) is 9.90 Å². The summed E-state index contributed by atoms with van der Waals surface area (Å²) in [7, 11) is 5.34. The van der Waals surface area contributed by atoms with Crippen molar-refractivity contribution in [3.05, 3.63) is 39.9 Å². The normalized spacial score (nSPS) is 14.1. The van der Waals surface area contributed by atoms with Crippen LogP contribution in [0.3, 0.4) is 0 Å². The van der Waals surface area contributed by atoms with Gasteiger partial charge in [-0.2, -0.15) is 0 Å². The predicted molar refractivity (Wildman–Crippen MR) is 122 cm³/mol. The Morgan fingerprint density at radius 1 is 1.17 bits per heavy atom. The molecular weight excluding hydrogens is 425 g/mol. The second-order valence-corrected chi connectivity index (χ2v) is 8.49. The summed E-state index contributed by atoms with van der Waals surface area (Å²) in [6, 6.07) is 6.73. The molecule has 2 aromatic carbocycles. The zero-order chi connectivity index (χ0) is 21.8. The van der Waals surface area contributed by atoms with E-state index in [-0.39, 0.29) is 11.8 Å². The number of benzene rings is 2. The molecule has 8 heteroatoms. The van der Waals surface area contributed by atoms with Gasteiger partial charge < -0.3 is 25.0 Å². The SMILES string of the molecule is COc1c(O)c(-c2ccc(Cl)c(Cl)c2)cc(NC(=O)N2CCCCC2)c1CN(C)C. The number of halogens is 2. The van der Waals surface area contributed by atoms with E-state index in [0.717, 1.165) is 32.4 Å². The second kappa shape index (κ2) is 9.77. The number of urea groups is 1. The minimum Gasteiger partial charge on any atom is -0.504 e. The summed E-state index contributed by atoms with van der Waals surface area (Å²) in [4.78, 5) is 16.7. The molecule has 0 atom stereocenters. The predicted octanol–water partition coefficient (Wildman–Crippen LogP) is 5.45. The number of likely N-dealkylation sites (tertiary alicyclic amines) is 1. The molecule has 1 aliphatic heterocycles. The summed E-state index contributed by atoms with van der Waals surface area (Å²) in [5.41, 5.74) is 2.47. The van der Waals surface area contributed by atoms with Crippen molar-refractivity contribution in [3.8, 4) is 22.6 Å². The van der Waals surface area contributed by atoms with Crippen LogP contribution in [0.25, 0.3) is 11.1 Å². The Balaban J connectivity index is 2.09. The molecule has 3 rings (SSSR count). The number of ether oxygens (including phenoxy) is 1. The second-order valence-electron chi connectivity index (χ2n) is 7.68. The van der Waals surface area contributed by atoms with Crippen LogP contribution in [0.1, 0.15) is 24.8 Å². The highest BCUT2D eigenvalue weighted by Gasteiger charge is 2.24. The van der Waals surface area contributed by atoms with Crippen LogP contribution >= 0.6 is 23.2 Å². The minimum atomic E-state index is -0.150. The molecular formula is C22H27Cl2N3O3. The number of carbonyl (C=O) groups excluding carboxylic acids is 1. The number of aromatic hydroxyl groups is 1. The molecule has 0 aliphatic carbocycles. The fourth-order valence-electron chi connectivity index (χ4n) is 3.67. The van der Waals surface area contributed by atoms with Gasteiger partial charge in [0.1, 0.15) is 0 Å². The van der Waals surface area contributed by atoms with Crippen molar-refractivity contribution in [1.82, 2.24) is 9.80 Å². The molecule has 2 amide bonds. The molecule has 0 aromatic heterocycles. The maximum absolute atomic E-state index is 12.9. The van der Waals surface area contributed by atoms with Gasteiger partial charge in [0.15, 0.2) is 11.5 Å². The molecule has 162 valence electrons. The zero-order valence-corrected chi connectivity index (χ0v) is 19.0. The Morgan fingerprint density at radius 2 is 1.87 bits per heavy atom. The molecule has 0 saturated carbocycles. The Kier molecular flexibility index (Phi) is 7.34. The lowest BCUT2D eigenvalue weighted by molar-refractivity contribution is 0.200. The van der Waals surface area contributed by atoms with Crippen molar-refractivity contribution >= 4 is 34.9 Å². The number of piperidine rings is 1. The van der Waals surface area contributed by atoms with Gasteiger partial charge >= 0.3 is 6.03 Å². The van der Waals surface area contributed by atoms with Gasteiger partial charge in [-0.3, -0.25) is 0 Å². The number of hydrogen-bond acceptors (Lipinski definition) is 4. The van der Waals surface area contributed by atoms with Crippen LogP contribution in [-0.4, -0.2) is 55.2 Å². The van der Waals surface area contributed by atoms with E-state index < -0.39 is 0 Å². The topological polar surface area (TPSA) is 65.0 Å². The number of phenolic OH excluding ortho intramolecular Hbond substituents is 1. The number of carbonyl (C=O) groups is 1. The molecule has 1 saturated heterocycles. The molecule has 6 nitrogen and oxygen atoms in total. The van der Waals surface area contributed by atoms with Crippen molar-refractivity contribution < 1.29 is 14.6 Å². The molecule has 2 aromatic rings. The van der Waals surface area contributed by atoms with Gasteiger partial charge in [0.25, 0.3) is 0 Å². The molecule has 0 spiro atoms. The lowest BCUT2D eigenvalue weighted by Crippen LogP contribution is -2.39. The Bertz CT molecular complexity index is 928. The van der Waals surface area contributed by atoms with Gasteiger partial charge in [-0.05, 0) is 57.1 Å². The largest absolute Gasteiger partial charge is 0.504 e. The minimum absolute atomic E-state index is 0.0105. The third-order valence-corrected chi connectivity index (χ3v) is 5.89. The van der Waals surface area contributed by atoms with E-state index in [2.05, 4.69) is 5.32 Å². The standard InChI is InChI=1S/C22H27Cl2N3O3/c1-26(2)13-16-19(25-22(29)27-9-5-4-6-10-27)12-15(20(28)21(16)30-3)14-7-8-17(23)18(24)11-14/h7-8,11-12,28H,4-6,9-10,13H2,1-3H3,(H,25,29). The van der Waals surface area contributed by atoms with Crippen LogP contribution in [0.5, 0.6) is 11.5 Å². The monoisotopic (exact) mass is 451 g/mol. The highest BCUT2D eigenvalue weighted by Crippen LogP contribution is 2.45. The first-order chi connectivity index (χ1) is 14.3. The van der Waals surface area contributed by atoms with E-state index >= 15 is 0 Å². The van der Waals surface area contributed by atoms with Crippen LogP contribution in [0.4, 0.5) is 10.5 Å². The number of phenols is 1. The molecule has 0 radical (unpaired) electrons. The van der Waals surface area contributed by atoms with Gasteiger partial charge in [-0.1, -0.05) is 29.3 Å². The Hall–Kier alpha value is -2.15. The summed E-state index contributed by atoms with van der Waals surface area (Å²) >= 11 is 12.2. The Labute approximate surface area is 187 Å². The molecule has 0 unspecified atom stereocenters. The van der Waals surface area contributed by atoms with E-state index in [4.69, 9.17) is 27.9 Å². The van der Waals surface area contributed by atoms with E-state index in [1.165, 1.54) is 7.11 Å². The average Bonchev–Trinajstić information content (AvgIpc) is 2.72. The zero-order valence-electron chi connectivity index (χ0n) is 17.5. The van der Waals surface area contributed by atoms with E-state index in [1.807, 2.05) is 23.9 Å². The summed E-state index contributed by atoms with van der Waals surface area (Å²) in [5.74, 6) is 0.310. The third kappa shape index (κ3) is 4.94. The number of nitrogens with one attached hydrogen (secondary N) is 1. The number of amides is 2. The van der Waals surface area contributed by atoms with Crippen LogP contribution in [-0.2, 0) is 6.54 Å². The quantitative estimate of drug-likeness (QED) is 0.592. The fraction of sp³-hybridized carbons (Fsp3) is 0.409. The summed E-state index contributed by atoms with van der Waals surface area (Å²) in [6.45, 7) is 1.96. The first-order valence-electron chi connectivity index (χ1n) is 9.90. The highest BCUT2D eigenvalue weighted by molar-refractivity contribution is 6.42. The summed E-state index contributed by atoms with van der Waals surface area (Å²) in [5, 5.41) is 14.8. The summed E-state index contributed by atoms with van der Waals surface area (Å²) in [6.07, 6.45) is 3.15. The van der Waals surface area contributed by atoms with Crippen molar-refractivity contribution in [3.63, 3.8) is 0 Å². The smallest absolute Gasteiger partial charge is 0.321 e. The number of methoxy groups -OCH3 is 1. The van der Waals surface area contributed by atoms with Crippen molar-refractivity contribution in [2.24, 2.45) is 0 Å². The molecule has 2 N–H and O–H groups in total. The first-order valence-corrected chi connectivity index (χ1v) is 10.7. The van der Waals surface area contributed by atoms with Crippen molar-refractivity contribution in [2.75, 3.05) is 39.6 Å². The number of rotatable bonds is 5. The lowest BCUT2D eigenvalue weighted by Gasteiger charge is -2.28. The van der Waals surface area contributed by atoms with E-state index in [1.54, 1.807) is 24.3 Å². The molecule has 0 bridgehead atoms. The lowest BCUT2D eigenvalue weighted by atomic mass is 9.99. The van der Waals surface area contributed by atoms with Gasteiger partial charge in [0.2, 0.25) is 0 Å². The third-order valence-electron chi connectivity index (χ3n) is 5.15. The molecule has 1 aliphatic rings. The van der Waals surface area contributed by atoms with E-state index in [0.29, 0.717) is 44.7 Å². The highest BCUT2D eigenvalue weighted by atomic mass is 35.5. The first kappa shape index (κ1) is 22.5. The number of hydrogen-bond donors (Lipinski definition) is 2. The van der Waals surface area contributed by atoms with Crippen LogP contribution in [0, 0.1) is 0 Å². The van der Waals surface area contributed by atoms with Crippen LogP contribution in [0.15, 0.2) is 24.3 Å². The van der Waals surface area contributed by atoms with Crippen molar-refractivity contribution in [1.29, 1.82) is 0 Å². The number of nitrogens with zero attached hydrogens (tertiary/aromatic N) is 2. The summed E-state index contributed by atoms with van der Waals surface area (Å²) < 4.78 is 5.56. The van der Waals surface area contributed by atoms with Gasteiger partial charge in [-0.15, -0.1) is 0 Å². The molecule has 30 heavy (non-hydrogen) atoms. The number of anilines is 1. The van der Waals surface area contributed by atoms with Crippen LogP contribution in [0.2, 0.25) is 10.0 Å². The Morgan fingerprint density at radius 3 is 2.47 bits per heavy atom. The van der Waals surface area contributed by atoms with Crippen LogP contribution < -0.4 is 10.1 Å². The molecule has 1 heterocycles. The van der Waals surface area contributed by atoms with Crippen molar-refractivity contribution in [2.45, 2.75) is 25.8 Å². The van der Waals surface area contributed by atoms with Gasteiger partial charge in [0.05, 0.1) is 22.8 Å². The molecule has 1 fully saturated rings. The van der Waals surface area contributed by atoms with Gasteiger partial charge in [0, 0.05) is 30.8 Å².